The molecule has 2 N–H and O–H groups in total. The number of rotatable bonds is 6. The Balaban J connectivity index is 1.57. The summed E-state index contributed by atoms with van der Waals surface area (Å²) >= 11 is 12.9. The number of carbonyl (C=O) groups excluding carboxylic acids is 3. The van der Waals surface area contributed by atoms with E-state index < -0.39 is 11.9 Å². The average Bonchev–Trinajstić information content (AvgIpc) is 3.23. The Bertz CT molecular complexity index is 1300. The number of aryl methyl sites for hydroxylation is 1. The first-order chi connectivity index (χ1) is 16.9. The lowest BCUT2D eigenvalue weighted by Crippen LogP contribution is -2.28. The maximum absolute atomic E-state index is 13.0. The molecule has 3 aromatic rings. The van der Waals surface area contributed by atoms with E-state index in [0.29, 0.717) is 21.2 Å². The van der Waals surface area contributed by atoms with Crippen LogP contribution in [0.3, 0.4) is 0 Å². The number of amides is 1. The van der Waals surface area contributed by atoms with Crippen molar-refractivity contribution in [2.45, 2.75) is 32.6 Å². The van der Waals surface area contributed by atoms with E-state index in [2.05, 4.69) is 10.6 Å². The zero-order chi connectivity index (χ0) is 24.9. The molecule has 9 heteroatoms. The molecule has 0 aliphatic heterocycles. The molecule has 1 aliphatic rings. The van der Waals surface area contributed by atoms with Gasteiger partial charge in [0.15, 0.2) is 10.8 Å². The highest BCUT2D eigenvalue weighted by Gasteiger charge is 2.28. The summed E-state index contributed by atoms with van der Waals surface area (Å²) in [6.45, 7) is 2.00. The molecule has 180 valence electrons. The van der Waals surface area contributed by atoms with Gasteiger partial charge in [0.05, 0.1) is 17.9 Å². The second-order valence-electron chi connectivity index (χ2n) is 7.93. The van der Waals surface area contributed by atoms with Gasteiger partial charge in [-0.1, -0.05) is 54.2 Å². The lowest BCUT2D eigenvalue weighted by Gasteiger charge is -2.13. The molecule has 0 spiro atoms. The molecular formula is C26H23ClN2O4S2. The molecule has 1 heterocycles. The SMILES string of the molecule is CCOC(=O)c1c(NC(=S)C(=O)Nc2ccc(Cl)cc2C(=O)c2ccccc2)sc2c1CCCC2. The maximum Gasteiger partial charge on any atom is 0.341 e. The van der Waals surface area contributed by atoms with Crippen molar-refractivity contribution < 1.29 is 19.1 Å². The number of hydrogen-bond donors (Lipinski definition) is 2. The normalized spacial score (nSPS) is 12.4. The number of ketones is 1. The van der Waals surface area contributed by atoms with Gasteiger partial charge in [0.2, 0.25) is 0 Å². The quantitative estimate of drug-likeness (QED) is 0.230. The topological polar surface area (TPSA) is 84.5 Å². The van der Waals surface area contributed by atoms with Gasteiger partial charge in [-0.2, -0.15) is 0 Å². The van der Waals surface area contributed by atoms with E-state index in [1.54, 1.807) is 43.3 Å². The summed E-state index contributed by atoms with van der Waals surface area (Å²) in [6.07, 6.45) is 3.71. The van der Waals surface area contributed by atoms with Gasteiger partial charge >= 0.3 is 5.97 Å². The lowest BCUT2D eigenvalue weighted by molar-refractivity contribution is -0.110. The molecule has 0 atom stereocenters. The van der Waals surface area contributed by atoms with E-state index in [0.717, 1.165) is 36.1 Å². The van der Waals surface area contributed by atoms with Gasteiger partial charge < -0.3 is 15.4 Å². The minimum Gasteiger partial charge on any atom is -0.462 e. The van der Waals surface area contributed by atoms with Crippen molar-refractivity contribution in [3.63, 3.8) is 0 Å². The second-order valence-corrected chi connectivity index (χ2v) is 9.88. The summed E-state index contributed by atoms with van der Waals surface area (Å²) in [5.74, 6) is -1.31. The first-order valence-corrected chi connectivity index (χ1v) is 12.8. The summed E-state index contributed by atoms with van der Waals surface area (Å²) in [5.41, 5.74) is 2.42. The number of benzene rings is 2. The molecule has 0 bridgehead atoms. The van der Waals surface area contributed by atoms with E-state index >= 15 is 0 Å². The highest BCUT2D eigenvalue weighted by Crippen LogP contribution is 2.38. The Morgan fingerprint density at radius 1 is 1.06 bits per heavy atom. The van der Waals surface area contributed by atoms with Gasteiger partial charge in [0, 0.05) is 21.0 Å². The predicted octanol–water partition coefficient (Wildman–Crippen LogP) is 6.07. The third-order valence-corrected chi connectivity index (χ3v) is 7.32. The van der Waals surface area contributed by atoms with Crippen LogP contribution in [0.5, 0.6) is 0 Å². The van der Waals surface area contributed by atoms with Gasteiger partial charge in [-0.3, -0.25) is 9.59 Å². The smallest absolute Gasteiger partial charge is 0.341 e. The van der Waals surface area contributed by atoms with E-state index in [1.165, 1.54) is 17.4 Å². The number of esters is 1. The number of thiocarbonyl (C=S) groups is 1. The third kappa shape index (κ3) is 5.61. The molecule has 0 unspecified atom stereocenters. The number of hydrogen-bond acceptors (Lipinski definition) is 6. The number of carbonyl (C=O) groups is 3. The summed E-state index contributed by atoms with van der Waals surface area (Å²) in [5, 5.41) is 6.53. The molecule has 6 nitrogen and oxygen atoms in total. The van der Waals surface area contributed by atoms with Crippen molar-refractivity contribution in [1.82, 2.24) is 0 Å². The van der Waals surface area contributed by atoms with Crippen molar-refractivity contribution in [2.75, 3.05) is 17.2 Å². The second kappa shape index (κ2) is 11.1. The molecule has 1 aliphatic carbocycles. The number of halogens is 1. The van der Waals surface area contributed by atoms with Crippen LogP contribution in [0, 0.1) is 0 Å². The van der Waals surface area contributed by atoms with Crippen LogP contribution in [0.4, 0.5) is 10.7 Å². The molecule has 2 aromatic carbocycles. The van der Waals surface area contributed by atoms with Crippen molar-refractivity contribution in [3.05, 3.63) is 80.7 Å². The van der Waals surface area contributed by atoms with Crippen molar-refractivity contribution in [1.29, 1.82) is 0 Å². The Morgan fingerprint density at radius 2 is 1.80 bits per heavy atom. The van der Waals surface area contributed by atoms with Crippen LogP contribution in [-0.2, 0) is 22.4 Å². The summed E-state index contributed by atoms with van der Waals surface area (Å²) in [6, 6.07) is 13.4. The summed E-state index contributed by atoms with van der Waals surface area (Å²) < 4.78 is 5.26. The Hall–Kier alpha value is -3.07. The van der Waals surface area contributed by atoms with Crippen molar-refractivity contribution in [2.24, 2.45) is 0 Å². The number of anilines is 2. The zero-order valence-corrected chi connectivity index (χ0v) is 21.4. The molecule has 0 saturated heterocycles. The van der Waals surface area contributed by atoms with E-state index in [1.807, 2.05) is 6.07 Å². The minimum atomic E-state index is -0.606. The Kier molecular flexibility index (Phi) is 7.95. The van der Waals surface area contributed by atoms with Crippen LogP contribution in [0.25, 0.3) is 0 Å². The fourth-order valence-electron chi connectivity index (χ4n) is 3.97. The van der Waals surface area contributed by atoms with Crippen LogP contribution in [0.1, 0.15) is 56.5 Å². The fourth-order valence-corrected chi connectivity index (χ4v) is 5.64. The number of thiophene rings is 1. The van der Waals surface area contributed by atoms with E-state index in [-0.39, 0.29) is 28.6 Å². The Morgan fingerprint density at radius 3 is 2.54 bits per heavy atom. The lowest BCUT2D eigenvalue weighted by atomic mass is 9.95. The van der Waals surface area contributed by atoms with Crippen LogP contribution in [0.2, 0.25) is 5.02 Å². The number of fused-ring (bicyclic) bond motifs is 1. The summed E-state index contributed by atoms with van der Waals surface area (Å²) in [7, 11) is 0. The molecule has 0 fully saturated rings. The van der Waals surface area contributed by atoms with Crippen LogP contribution >= 0.6 is 35.2 Å². The molecular weight excluding hydrogens is 504 g/mol. The van der Waals surface area contributed by atoms with Gasteiger partial charge in [-0.25, -0.2) is 4.79 Å². The Labute approximate surface area is 217 Å². The molecule has 35 heavy (non-hydrogen) atoms. The van der Waals surface area contributed by atoms with E-state index in [9.17, 15) is 14.4 Å². The fraction of sp³-hybridized carbons (Fsp3) is 0.231. The van der Waals surface area contributed by atoms with Gasteiger partial charge in [0.1, 0.15) is 5.00 Å². The summed E-state index contributed by atoms with van der Waals surface area (Å²) in [4.78, 5) is 39.7. The average molecular weight is 527 g/mol. The highest BCUT2D eigenvalue weighted by molar-refractivity contribution is 7.82. The number of nitrogens with one attached hydrogen (secondary N) is 2. The molecule has 0 saturated carbocycles. The highest BCUT2D eigenvalue weighted by atomic mass is 35.5. The van der Waals surface area contributed by atoms with Gasteiger partial charge in [0.25, 0.3) is 5.91 Å². The largest absolute Gasteiger partial charge is 0.462 e. The first-order valence-electron chi connectivity index (χ1n) is 11.2. The standard InChI is InChI=1S/C26H23ClN2O4S2/c1-2-33-26(32)21-17-10-6-7-11-20(17)35-25(21)29-24(34)23(31)28-19-13-12-16(27)14-18(19)22(30)15-8-4-3-5-9-15/h3-5,8-9,12-14H,2,6-7,10-11H2,1H3,(H,28,31)(H,29,34). The van der Waals surface area contributed by atoms with Crippen LogP contribution in [-0.4, -0.2) is 29.3 Å². The monoisotopic (exact) mass is 526 g/mol. The zero-order valence-electron chi connectivity index (χ0n) is 19.0. The predicted molar refractivity (Wildman–Crippen MR) is 143 cm³/mol. The van der Waals surface area contributed by atoms with Crippen molar-refractivity contribution >= 4 is 68.5 Å². The molecule has 1 amide bonds. The van der Waals surface area contributed by atoms with Crippen LogP contribution < -0.4 is 10.6 Å². The molecule has 0 radical (unpaired) electrons. The van der Waals surface area contributed by atoms with Crippen molar-refractivity contribution in [3.8, 4) is 0 Å². The van der Waals surface area contributed by atoms with E-state index in [4.69, 9.17) is 28.6 Å². The van der Waals surface area contributed by atoms with Gasteiger partial charge in [-0.15, -0.1) is 11.3 Å². The number of ether oxygens (including phenoxy) is 1. The molecule has 1 aromatic heterocycles. The molecule has 4 rings (SSSR count). The minimum absolute atomic E-state index is 0.123. The third-order valence-electron chi connectivity index (χ3n) is 5.59. The van der Waals surface area contributed by atoms with Gasteiger partial charge in [-0.05, 0) is 56.4 Å². The van der Waals surface area contributed by atoms with Crippen LogP contribution in [0.15, 0.2) is 48.5 Å². The first kappa shape index (κ1) is 25.0. The maximum atomic E-state index is 13.0.